The predicted molar refractivity (Wildman–Crippen MR) is 95.0 cm³/mol. The second-order valence-corrected chi connectivity index (χ2v) is 7.03. The molecule has 0 saturated carbocycles. The van der Waals surface area contributed by atoms with Crippen molar-refractivity contribution in [2.24, 2.45) is 0 Å². The smallest absolute Gasteiger partial charge is 0.256 e. The molecule has 5 nitrogen and oxygen atoms in total. The normalized spacial score (nSPS) is 17.8. The molecule has 0 bridgehead atoms. The van der Waals surface area contributed by atoms with Crippen LogP contribution in [0.2, 0.25) is 0 Å². The Morgan fingerprint density at radius 1 is 1.33 bits per heavy atom. The molecule has 24 heavy (non-hydrogen) atoms. The molecule has 0 spiro atoms. The van der Waals surface area contributed by atoms with Gasteiger partial charge < -0.3 is 4.90 Å². The van der Waals surface area contributed by atoms with E-state index in [1.165, 1.54) is 11.1 Å². The number of hydrogen-bond donors (Lipinski definition) is 0. The summed E-state index contributed by atoms with van der Waals surface area (Å²) in [4.78, 5) is 16.8. The highest BCUT2D eigenvalue weighted by molar-refractivity contribution is 5.93. The molecule has 1 aromatic carbocycles. The number of rotatable bonds is 4. The van der Waals surface area contributed by atoms with Crippen LogP contribution in [0.4, 0.5) is 0 Å². The Morgan fingerprint density at radius 3 is 2.71 bits per heavy atom. The van der Waals surface area contributed by atoms with Gasteiger partial charge in [0.05, 0.1) is 11.8 Å². The molecule has 1 amide bonds. The van der Waals surface area contributed by atoms with Crippen molar-refractivity contribution >= 4 is 5.91 Å². The molecular weight excluding hydrogens is 300 g/mol. The van der Waals surface area contributed by atoms with Gasteiger partial charge in [-0.3, -0.25) is 14.4 Å². The molecule has 0 N–H and O–H groups in total. The Kier molecular flexibility index (Phi) is 4.71. The summed E-state index contributed by atoms with van der Waals surface area (Å²) < 4.78 is 1.82. The van der Waals surface area contributed by atoms with Crippen LogP contribution in [-0.4, -0.2) is 52.2 Å². The predicted octanol–water partition coefficient (Wildman–Crippen LogP) is 2.59. The lowest BCUT2D eigenvalue weighted by molar-refractivity contribution is 0.0733. The van der Waals surface area contributed by atoms with Crippen LogP contribution in [-0.2, 0) is 13.0 Å². The summed E-state index contributed by atoms with van der Waals surface area (Å²) in [7, 11) is 4.01. The second-order valence-electron chi connectivity index (χ2n) is 7.03. The number of carbonyl (C=O) groups is 1. The molecule has 1 aromatic heterocycles. The topological polar surface area (TPSA) is 41.4 Å². The van der Waals surface area contributed by atoms with E-state index >= 15 is 0 Å². The molecule has 5 heteroatoms. The van der Waals surface area contributed by atoms with Crippen LogP contribution < -0.4 is 0 Å². The first-order valence-corrected chi connectivity index (χ1v) is 8.52. The lowest BCUT2D eigenvalue weighted by Crippen LogP contribution is -2.46. The highest BCUT2D eigenvalue weighted by Crippen LogP contribution is 2.22. The van der Waals surface area contributed by atoms with Gasteiger partial charge in [-0.25, -0.2) is 0 Å². The van der Waals surface area contributed by atoms with Gasteiger partial charge >= 0.3 is 0 Å². The van der Waals surface area contributed by atoms with Crippen molar-refractivity contribution < 1.29 is 4.79 Å². The van der Waals surface area contributed by atoms with Gasteiger partial charge in [0.2, 0.25) is 0 Å². The zero-order valence-corrected chi connectivity index (χ0v) is 14.9. The zero-order valence-electron chi connectivity index (χ0n) is 14.9. The summed E-state index contributed by atoms with van der Waals surface area (Å²) in [6, 6.07) is 9.18. The van der Waals surface area contributed by atoms with E-state index in [9.17, 15) is 4.79 Å². The first-order valence-electron chi connectivity index (χ1n) is 8.52. The fourth-order valence-corrected chi connectivity index (χ4v) is 3.27. The quantitative estimate of drug-likeness (QED) is 0.867. The van der Waals surface area contributed by atoms with Crippen molar-refractivity contribution in [3.63, 3.8) is 0 Å². The van der Waals surface area contributed by atoms with E-state index in [-0.39, 0.29) is 11.9 Å². The van der Waals surface area contributed by atoms with Crippen LogP contribution in [0.15, 0.2) is 36.7 Å². The van der Waals surface area contributed by atoms with Gasteiger partial charge in [0.1, 0.15) is 0 Å². The van der Waals surface area contributed by atoms with Crippen LogP contribution in [0.5, 0.6) is 0 Å². The van der Waals surface area contributed by atoms with Crippen molar-refractivity contribution in [1.82, 2.24) is 19.6 Å². The second kappa shape index (κ2) is 6.77. The third-order valence-electron chi connectivity index (χ3n) is 4.83. The van der Waals surface area contributed by atoms with Crippen LogP contribution in [0.3, 0.4) is 0 Å². The molecule has 0 fully saturated rings. The Hall–Kier alpha value is -2.14. The number of aromatic nitrogens is 2. The summed E-state index contributed by atoms with van der Waals surface area (Å²) >= 11 is 0. The highest BCUT2D eigenvalue weighted by Gasteiger charge is 2.26. The molecule has 0 aliphatic carbocycles. The highest BCUT2D eigenvalue weighted by atomic mass is 16.2. The van der Waals surface area contributed by atoms with Crippen molar-refractivity contribution in [1.29, 1.82) is 0 Å². The minimum atomic E-state index is 0.0363. The van der Waals surface area contributed by atoms with Crippen LogP contribution in [0.1, 0.15) is 41.4 Å². The van der Waals surface area contributed by atoms with Crippen molar-refractivity contribution in [3.05, 3.63) is 53.3 Å². The Bertz CT molecular complexity index is 722. The molecule has 0 saturated heterocycles. The molecule has 128 valence electrons. The third kappa shape index (κ3) is 3.36. The largest absolute Gasteiger partial charge is 0.340 e. The number of nitrogens with zero attached hydrogens (tertiary/aromatic N) is 4. The maximum Gasteiger partial charge on any atom is 0.256 e. The minimum absolute atomic E-state index is 0.0363. The van der Waals surface area contributed by atoms with Gasteiger partial charge in [0.15, 0.2) is 0 Å². The van der Waals surface area contributed by atoms with E-state index < -0.39 is 0 Å². The maximum atomic E-state index is 12.7. The number of carbonyl (C=O) groups excluding carboxylic acids is 1. The number of fused-ring (bicyclic) bond motifs is 1. The summed E-state index contributed by atoms with van der Waals surface area (Å²) in [5.41, 5.74) is 3.45. The lowest BCUT2D eigenvalue weighted by atomic mass is 9.94. The molecule has 2 aromatic rings. The van der Waals surface area contributed by atoms with Gasteiger partial charge in [0, 0.05) is 38.4 Å². The number of amides is 1. The molecule has 2 heterocycles. The molecule has 1 aliphatic heterocycles. The summed E-state index contributed by atoms with van der Waals surface area (Å²) in [5.74, 6) is 0.0363. The van der Waals surface area contributed by atoms with E-state index in [0.29, 0.717) is 11.6 Å². The van der Waals surface area contributed by atoms with E-state index in [2.05, 4.69) is 55.2 Å². The number of benzene rings is 1. The summed E-state index contributed by atoms with van der Waals surface area (Å²) in [6.07, 6.45) is 4.48. The maximum absolute atomic E-state index is 12.7. The molecule has 1 atom stereocenters. The SMILES string of the molecule is CC(C)n1cc(C(=O)N(C)CC2Cc3ccccc3CN2C)cn1. The average Bonchev–Trinajstić information content (AvgIpc) is 3.05. The minimum Gasteiger partial charge on any atom is -0.340 e. The van der Waals surface area contributed by atoms with E-state index in [0.717, 1.165) is 19.5 Å². The van der Waals surface area contributed by atoms with Crippen molar-refractivity contribution in [2.45, 2.75) is 38.9 Å². The van der Waals surface area contributed by atoms with E-state index in [4.69, 9.17) is 0 Å². The lowest BCUT2D eigenvalue weighted by Gasteiger charge is -2.36. The standard InChI is InChI=1S/C19H26N4O/c1-14(2)23-12-17(10-20-23)19(24)22(4)13-18-9-15-7-5-6-8-16(15)11-21(18)3/h5-8,10,12,14,18H,9,11,13H2,1-4H3. The van der Waals surface area contributed by atoms with Gasteiger partial charge in [-0.05, 0) is 38.4 Å². The van der Waals surface area contributed by atoms with E-state index in [1.807, 2.05) is 22.8 Å². The molecule has 1 aliphatic rings. The van der Waals surface area contributed by atoms with Crippen LogP contribution >= 0.6 is 0 Å². The average molecular weight is 326 g/mol. The fraction of sp³-hybridized carbons (Fsp3) is 0.474. The fourth-order valence-electron chi connectivity index (χ4n) is 3.27. The molecular formula is C19H26N4O. The molecule has 0 radical (unpaired) electrons. The number of hydrogen-bond acceptors (Lipinski definition) is 3. The van der Waals surface area contributed by atoms with Gasteiger partial charge in [-0.15, -0.1) is 0 Å². The monoisotopic (exact) mass is 326 g/mol. The Balaban J connectivity index is 1.67. The third-order valence-corrected chi connectivity index (χ3v) is 4.83. The van der Waals surface area contributed by atoms with Crippen molar-refractivity contribution in [3.8, 4) is 0 Å². The molecule has 1 unspecified atom stereocenters. The van der Waals surface area contributed by atoms with Gasteiger partial charge in [-0.2, -0.15) is 5.10 Å². The van der Waals surface area contributed by atoms with Crippen molar-refractivity contribution in [2.75, 3.05) is 20.6 Å². The number of likely N-dealkylation sites (N-methyl/N-ethyl adjacent to an activating group) is 2. The Morgan fingerprint density at radius 2 is 2.04 bits per heavy atom. The Labute approximate surface area is 143 Å². The van der Waals surface area contributed by atoms with Gasteiger partial charge in [0.25, 0.3) is 5.91 Å². The zero-order chi connectivity index (χ0) is 17.3. The first-order chi connectivity index (χ1) is 11.5. The van der Waals surface area contributed by atoms with E-state index in [1.54, 1.807) is 6.20 Å². The van der Waals surface area contributed by atoms with Crippen LogP contribution in [0, 0.1) is 0 Å². The first kappa shape index (κ1) is 16.7. The van der Waals surface area contributed by atoms with Crippen LogP contribution in [0.25, 0.3) is 0 Å². The van der Waals surface area contributed by atoms with Gasteiger partial charge in [-0.1, -0.05) is 24.3 Å². The molecule has 3 rings (SSSR count). The summed E-state index contributed by atoms with van der Waals surface area (Å²) in [5, 5.41) is 4.27. The summed E-state index contributed by atoms with van der Waals surface area (Å²) in [6.45, 7) is 5.77.